The number of halogens is 1. The molecule has 0 aromatic heterocycles. The summed E-state index contributed by atoms with van der Waals surface area (Å²) in [5, 5.41) is 3.08. The van der Waals surface area contributed by atoms with Gasteiger partial charge in [0.25, 0.3) is 0 Å². The molecule has 202 valence electrons. The van der Waals surface area contributed by atoms with Gasteiger partial charge in [-0.1, -0.05) is 53.0 Å². The van der Waals surface area contributed by atoms with Crippen molar-refractivity contribution in [2.75, 3.05) is 24.9 Å². The maximum absolute atomic E-state index is 13.9. The average Bonchev–Trinajstić information content (AvgIpc) is 3.35. The average molecular weight is 594 g/mol. The molecule has 0 saturated heterocycles. The molecule has 1 aliphatic carbocycles. The van der Waals surface area contributed by atoms with Gasteiger partial charge < -0.3 is 10.2 Å². The summed E-state index contributed by atoms with van der Waals surface area (Å²) >= 11 is 3.47. The number of benzene rings is 2. The fraction of sp³-hybridized carbons (Fsp3) is 0.481. The van der Waals surface area contributed by atoms with E-state index in [1.807, 2.05) is 50.2 Å². The third kappa shape index (κ3) is 7.33. The molecule has 2 aromatic rings. The van der Waals surface area contributed by atoms with Crippen LogP contribution in [0, 0.1) is 13.8 Å². The smallest absolute Gasteiger partial charge is 0.304 e. The number of rotatable bonds is 10. The third-order valence-corrected chi connectivity index (χ3v) is 9.06. The molecule has 2 amide bonds. The maximum atomic E-state index is 13.9. The maximum Gasteiger partial charge on any atom is 0.304 e. The molecular weight excluding hydrogens is 556 g/mol. The quantitative estimate of drug-likeness (QED) is 0.448. The monoisotopic (exact) mass is 592 g/mol. The highest BCUT2D eigenvalue weighted by molar-refractivity contribution is 9.10. The zero-order chi connectivity index (χ0) is 27.3. The van der Waals surface area contributed by atoms with Crippen molar-refractivity contribution in [1.29, 1.82) is 0 Å². The normalized spacial score (nSPS) is 15.0. The van der Waals surface area contributed by atoms with Crippen molar-refractivity contribution in [3.8, 4) is 0 Å². The van der Waals surface area contributed by atoms with Crippen molar-refractivity contribution in [2.45, 2.75) is 65.1 Å². The fourth-order valence-corrected chi connectivity index (χ4v) is 6.06. The van der Waals surface area contributed by atoms with Gasteiger partial charge in [-0.15, -0.1) is 0 Å². The number of nitrogens with one attached hydrogen (secondary N) is 1. The van der Waals surface area contributed by atoms with Gasteiger partial charge in [-0.3, -0.25) is 9.59 Å². The molecule has 0 heterocycles. The number of aryl methyl sites for hydroxylation is 2. The van der Waals surface area contributed by atoms with Gasteiger partial charge >= 0.3 is 10.2 Å². The Morgan fingerprint density at radius 3 is 2.38 bits per heavy atom. The van der Waals surface area contributed by atoms with Crippen molar-refractivity contribution in [1.82, 2.24) is 14.5 Å². The van der Waals surface area contributed by atoms with Crippen molar-refractivity contribution in [3.63, 3.8) is 0 Å². The lowest BCUT2D eigenvalue weighted by molar-refractivity contribution is -0.139. The lowest BCUT2D eigenvalue weighted by Crippen LogP contribution is -2.53. The third-order valence-electron chi connectivity index (χ3n) is 6.76. The van der Waals surface area contributed by atoms with Crippen molar-refractivity contribution in [3.05, 3.63) is 63.6 Å². The zero-order valence-electron chi connectivity index (χ0n) is 22.2. The Bertz CT molecular complexity index is 1230. The molecule has 0 bridgehead atoms. The Labute approximate surface area is 229 Å². The minimum atomic E-state index is -3.99. The second kappa shape index (κ2) is 12.4. The summed E-state index contributed by atoms with van der Waals surface area (Å²) in [5.41, 5.74) is 2.88. The predicted molar refractivity (Wildman–Crippen MR) is 150 cm³/mol. The number of hydrogen-bond acceptors (Lipinski definition) is 4. The van der Waals surface area contributed by atoms with E-state index < -0.39 is 28.7 Å². The van der Waals surface area contributed by atoms with Gasteiger partial charge in [0.15, 0.2) is 0 Å². The number of nitrogens with zero attached hydrogens (tertiary/aromatic N) is 3. The SMILES string of the molecule is Cc1ccc(C)c(N(CC(=O)N(Cc2cccc(Br)c2)[C@H](C)C(=O)NC2CCCC2)S(=O)(=O)N(C)C)c1. The molecule has 0 aliphatic heterocycles. The van der Waals surface area contributed by atoms with Crippen LogP contribution in [-0.4, -0.2) is 62.2 Å². The zero-order valence-corrected chi connectivity index (χ0v) is 24.6. The number of anilines is 1. The van der Waals surface area contributed by atoms with Crippen LogP contribution in [0.3, 0.4) is 0 Å². The van der Waals surface area contributed by atoms with E-state index in [4.69, 9.17) is 0 Å². The van der Waals surface area contributed by atoms with Crippen LogP contribution in [0.2, 0.25) is 0 Å². The Morgan fingerprint density at radius 2 is 1.76 bits per heavy atom. The van der Waals surface area contributed by atoms with Crippen LogP contribution in [0.1, 0.15) is 49.3 Å². The highest BCUT2D eigenvalue weighted by Crippen LogP contribution is 2.26. The lowest BCUT2D eigenvalue weighted by Gasteiger charge is -2.33. The van der Waals surface area contributed by atoms with Crippen molar-refractivity contribution < 1.29 is 18.0 Å². The lowest BCUT2D eigenvalue weighted by atomic mass is 10.1. The molecule has 0 spiro atoms. The van der Waals surface area contributed by atoms with E-state index >= 15 is 0 Å². The molecule has 0 unspecified atom stereocenters. The summed E-state index contributed by atoms with van der Waals surface area (Å²) in [6, 6.07) is 12.3. The van der Waals surface area contributed by atoms with E-state index in [9.17, 15) is 18.0 Å². The summed E-state index contributed by atoms with van der Waals surface area (Å²) in [6.07, 6.45) is 4.01. The van der Waals surface area contributed by atoms with Crippen molar-refractivity contribution >= 4 is 43.6 Å². The molecule has 8 nitrogen and oxygen atoms in total. The van der Waals surface area contributed by atoms with Gasteiger partial charge in [0.2, 0.25) is 11.8 Å². The Morgan fingerprint density at radius 1 is 1.08 bits per heavy atom. The Balaban J connectivity index is 1.96. The molecule has 37 heavy (non-hydrogen) atoms. The van der Waals surface area contributed by atoms with Crippen LogP contribution >= 0.6 is 15.9 Å². The van der Waals surface area contributed by atoms with E-state index in [1.165, 1.54) is 19.0 Å². The first-order valence-corrected chi connectivity index (χ1v) is 14.7. The molecule has 1 saturated carbocycles. The van der Waals surface area contributed by atoms with Crippen LogP contribution < -0.4 is 9.62 Å². The second-order valence-corrected chi connectivity index (χ2v) is 12.9. The predicted octanol–water partition coefficient (Wildman–Crippen LogP) is 4.15. The molecule has 0 radical (unpaired) electrons. The van der Waals surface area contributed by atoms with Crippen LogP contribution in [0.25, 0.3) is 0 Å². The minimum Gasteiger partial charge on any atom is -0.352 e. The summed E-state index contributed by atoms with van der Waals surface area (Å²) < 4.78 is 29.9. The van der Waals surface area contributed by atoms with Crippen LogP contribution in [0.4, 0.5) is 5.69 Å². The second-order valence-electron chi connectivity index (χ2n) is 9.90. The first-order valence-electron chi connectivity index (χ1n) is 12.5. The largest absolute Gasteiger partial charge is 0.352 e. The number of carbonyl (C=O) groups excluding carboxylic acids is 2. The summed E-state index contributed by atoms with van der Waals surface area (Å²) in [5.74, 6) is -0.690. The summed E-state index contributed by atoms with van der Waals surface area (Å²) in [4.78, 5) is 28.5. The molecule has 2 aromatic carbocycles. The topological polar surface area (TPSA) is 90.0 Å². The first-order chi connectivity index (χ1) is 17.4. The van der Waals surface area contributed by atoms with E-state index in [2.05, 4.69) is 21.2 Å². The highest BCUT2D eigenvalue weighted by Gasteiger charge is 2.34. The molecular formula is C27H37BrN4O4S. The van der Waals surface area contributed by atoms with E-state index in [-0.39, 0.29) is 18.5 Å². The molecule has 1 N–H and O–H groups in total. The van der Waals surface area contributed by atoms with Gasteiger partial charge in [0.1, 0.15) is 12.6 Å². The Kier molecular flexibility index (Phi) is 9.77. The van der Waals surface area contributed by atoms with Gasteiger partial charge in [-0.05, 0) is 68.5 Å². The fourth-order valence-electron chi connectivity index (χ4n) is 4.50. The number of amides is 2. The van der Waals surface area contributed by atoms with E-state index in [0.717, 1.165) is 55.5 Å². The van der Waals surface area contributed by atoms with Gasteiger partial charge in [0, 0.05) is 31.2 Å². The summed E-state index contributed by atoms with van der Waals surface area (Å²) in [7, 11) is -1.11. The van der Waals surface area contributed by atoms with Gasteiger partial charge in [-0.25, -0.2) is 4.31 Å². The van der Waals surface area contributed by atoms with E-state index in [1.54, 1.807) is 13.0 Å². The molecule has 10 heteroatoms. The number of hydrogen-bond donors (Lipinski definition) is 1. The van der Waals surface area contributed by atoms with Crippen molar-refractivity contribution in [2.24, 2.45) is 0 Å². The Hall–Kier alpha value is -2.43. The molecule has 1 aliphatic rings. The minimum absolute atomic E-state index is 0.110. The number of carbonyl (C=O) groups is 2. The van der Waals surface area contributed by atoms with Crippen LogP contribution in [-0.2, 0) is 26.3 Å². The standard InChI is InChI=1S/C27H37BrN4O4S/c1-19-13-14-20(2)25(15-19)32(37(35,36)30(4)5)18-26(33)31(17-22-9-8-10-23(28)16-22)21(3)27(34)29-24-11-6-7-12-24/h8-10,13-16,21,24H,6-7,11-12,17-18H2,1-5H3,(H,29,34)/t21-/m1/s1. The molecule has 3 rings (SSSR count). The van der Waals surface area contributed by atoms with Crippen LogP contribution in [0.5, 0.6) is 0 Å². The first kappa shape index (κ1) is 29.1. The summed E-state index contributed by atoms with van der Waals surface area (Å²) in [6.45, 7) is 5.12. The highest BCUT2D eigenvalue weighted by atomic mass is 79.9. The molecule has 1 atom stereocenters. The van der Waals surface area contributed by atoms with Crippen LogP contribution in [0.15, 0.2) is 46.9 Å². The van der Waals surface area contributed by atoms with Gasteiger partial charge in [0.05, 0.1) is 5.69 Å². The van der Waals surface area contributed by atoms with Gasteiger partial charge in [-0.2, -0.15) is 12.7 Å². The molecule has 1 fully saturated rings. The van der Waals surface area contributed by atoms with E-state index in [0.29, 0.717) is 5.69 Å².